The van der Waals surface area contributed by atoms with Crippen LogP contribution in [0.3, 0.4) is 0 Å². The first-order valence-electron chi connectivity index (χ1n) is 7.57. The molecular weight excluding hydrogens is 341 g/mol. The fourth-order valence-electron chi connectivity index (χ4n) is 2.64. The van der Waals surface area contributed by atoms with Gasteiger partial charge in [0.2, 0.25) is 5.95 Å². The third-order valence-electron chi connectivity index (χ3n) is 3.78. The van der Waals surface area contributed by atoms with Crippen molar-refractivity contribution in [3.05, 3.63) is 40.5 Å². The van der Waals surface area contributed by atoms with Crippen molar-refractivity contribution in [3.63, 3.8) is 0 Å². The molecule has 128 valence electrons. The Morgan fingerprint density at radius 2 is 1.83 bits per heavy atom. The van der Waals surface area contributed by atoms with Gasteiger partial charge in [0.15, 0.2) is 0 Å². The highest BCUT2D eigenvalue weighted by Crippen LogP contribution is 2.36. The summed E-state index contributed by atoms with van der Waals surface area (Å²) in [5, 5.41) is 2.58. The lowest BCUT2D eigenvalue weighted by atomic mass is 10.2. The first-order valence-corrected chi connectivity index (χ1v) is 7.95. The molecule has 24 heavy (non-hydrogen) atoms. The Hall–Kier alpha value is -2.02. The molecule has 3 rings (SSSR count). The summed E-state index contributed by atoms with van der Waals surface area (Å²) in [7, 11) is 0. The number of hydrogen-bond acceptors (Lipinski definition) is 4. The van der Waals surface area contributed by atoms with Gasteiger partial charge in [-0.2, -0.15) is 18.2 Å². The van der Waals surface area contributed by atoms with E-state index < -0.39 is 11.7 Å². The van der Waals surface area contributed by atoms with Gasteiger partial charge in [0.05, 0.1) is 10.6 Å². The summed E-state index contributed by atoms with van der Waals surface area (Å²) >= 11 is 5.64. The van der Waals surface area contributed by atoms with E-state index in [1.807, 2.05) is 6.92 Å². The summed E-state index contributed by atoms with van der Waals surface area (Å²) in [4.78, 5) is 10.9. The first kappa shape index (κ1) is 16.8. The van der Waals surface area contributed by atoms with Gasteiger partial charge in [-0.05, 0) is 38.0 Å². The minimum atomic E-state index is -4.50. The standard InChI is InChI=1S/C16H16ClF3N4/c1-10-8-14(23-15(21-10)24-6-2-3-7-24)22-11-4-5-13(17)12(9-11)16(18,19)20/h4-5,8-9H,2-3,6-7H2,1H3,(H,21,22,23). The van der Waals surface area contributed by atoms with Gasteiger partial charge in [0, 0.05) is 30.5 Å². The van der Waals surface area contributed by atoms with Crippen LogP contribution in [0.5, 0.6) is 0 Å². The van der Waals surface area contributed by atoms with E-state index in [2.05, 4.69) is 20.2 Å². The predicted octanol–water partition coefficient (Wildman–Crippen LogP) is 4.80. The zero-order valence-corrected chi connectivity index (χ0v) is 13.7. The number of nitrogens with one attached hydrogen (secondary N) is 1. The number of benzene rings is 1. The molecule has 1 aliphatic rings. The van der Waals surface area contributed by atoms with Crippen molar-refractivity contribution in [1.82, 2.24) is 9.97 Å². The Morgan fingerprint density at radius 3 is 2.50 bits per heavy atom. The topological polar surface area (TPSA) is 41.1 Å². The van der Waals surface area contributed by atoms with E-state index in [9.17, 15) is 13.2 Å². The molecule has 0 radical (unpaired) electrons. The smallest absolute Gasteiger partial charge is 0.341 e. The zero-order valence-electron chi connectivity index (χ0n) is 13.0. The average Bonchev–Trinajstić information content (AvgIpc) is 3.02. The Bertz CT molecular complexity index is 743. The Kier molecular flexibility index (Phi) is 4.54. The van der Waals surface area contributed by atoms with Gasteiger partial charge < -0.3 is 10.2 Å². The monoisotopic (exact) mass is 356 g/mol. The molecule has 1 aromatic carbocycles. The molecule has 1 aliphatic heterocycles. The van der Waals surface area contributed by atoms with Gasteiger partial charge in [-0.15, -0.1) is 0 Å². The summed E-state index contributed by atoms with van der Waals surface area (Å²) < 4.78 is 38.9. The lowest BCUT2D eigenvalue weighted by Gasteiger charge is -2.17. The maximum absolute atomic E-state index is 13.0. The lowest BCUT2D eigenvalue weighted by Crippen LogP contribution is -2.21. The minimum absolute atomic E-state index is 0.275. The normalized spacial score (nSPS) is 15.0. The van der Waals surface area contributed by atoms with Gasteiger partial charge in [0.1, 0.15) is 5.82 Å². The zero-order chi connectivity index (χ0) is 17.3. The predicted molar refractivity (Wildman–Crippen MR) is 88.0 cm³/mol. The van der Waals surface area contributed by atoms with E-state index in [0.717, 1.165) is 37.7 Å². The maximum atomic E-state index is 13.0. The van der Waals surface area contributed by atoms with Crippen LogP contribution < -0.4 is 10.2 Å². The van der Waals surface area contributed by atoms with Gasteiger partial charge in [0.25, 0.3) is 0 Å². The van der Waals surface area contributed by atoms with Crippen LogP contribution in [0.4, 0.5) is 30.6 Å². The van der Waals surface area contributed by atoms with Crippen LogP contribution in [0, 0.1) is 6.92 Å². The second-order valence-corrected chi connectivity index (χ2v) is 6.11. The summed E-state index contributed by atoms with van der Waals surface area (Å²) in [5.74, 6) is 1.06. The van der Waals surface area contributed by atoms with Crippen LogP contribution in [-0.2, 0) is 6.18 Å². The molecule has 0 spiro atoms. The molecule has 0 amide bonds. The van der Waals surface area contributed by atoms with Crippen molar-refractivity contribution in [2.24, 2.45) is 0 Å². The molecule has 0 aliphatic carbocycles. The third kappa shape index (κ3) is 3.72. The molecule has 1 aromatic heterocycles. The van der Waals surface area contributed by atoms with Crippen LogP contribution in [-0.4, -0.2) is 23.1 Å². The molecule has 1 fully saturated rings. The summed E-state index contributed by atoms with van der Waals surface area (Å²) in [6.45, 7) is 3.61. The van der Waals surface area contributed by atoms with Gasteiger partial charge in [-0.25, -0.2) is 4.98 Å². The molecule has 0 bridgehead atoms. The van der Waals surface area contributed by atoms with E-state index in [-0.39, 0.29) is 10.7 Å². The highest BCUT2D eigenvalue weighted by molar-refractivity contribution is 6.31. The molecule has 2 heterocycles. The van der Waals surface area contributed by atoms with Crippen LogP contribution in [0.1, 0.15) is 24.1 Å². The third-order valence-corrected chi connectivity index (χ3v) is 4.11. The van der Waals surface area contributed by atoms with Crippen molar-refractivity contribution >= 4 is 29.1 Å². The largest absolute Gasteiger partial charge is 0.417 e. The first-order chi connectivity index (χ1) is 11.3. The number of aromatic nitrogens is 2. The lowest BCUT2D eigenvalue weighted by molar-refractivity contribution is -0.137. The van der Waals surface area contributed by atoms with Gasteiger partial charge in [-0.1, -0.05) is 11.6 Å². The summed E-state index contributed by atoms with van der Waals surface area (Å²) in [5.41, 5.74) is 0.149. The molecular formula is C16H16ClF3N4. The molecule has 8 heteroatoms. The maximum Gasteiger partial charge on any atom is 0.417 e. The second-order valence-electron chi connectivity index (χ2n) is 5.71. The molecule has 4 nitrogen and oxygen atoms in total. The quantitative estimate of drug-likeness (QED) is 0.857. The molecule has 0 unspecified atom stereocenters. The van der Waals surface area contributed by atoms with Crippen molar-refractivity contribution in [2.45, 2.75) is 25.9 Å². The Labute approximate surface area is 142 Å². The number of halogens is 4. The van der Waals surface area contributed by atoms with Gasteiger partial charge in [-0.3, -0.25) is 0 Å². The number of hydrogen-bond donors (Lipinski definition) is 1. The van der Waals surface area contributed by atoms with Crippen molar-refractivity contribution in [2.75, 3.05) is 23.3 Å². The molecule has 1 N–H and O–H groups in total. The van der Waals surface area contributed by atoms with Crippen LogP contribution in [0.15, 0.2) is 24.3 Å². The fraction of sp³-hybridized carbons (Fsp3) is 0.375. The van der Waals surface area contributed by atoms with Crippen LogP contribution in [0.25, 0.3) is 0 Å². The molecule has 1 saturated heterocycles. The van der Waals surface area contributed by atoms with E-state index in [0.29, 0.717) is 11.8 Å². The van der Waals surface area contributed by atoms with Gasteiger partial charge >= 0.3 is 6.18 Å². The van der Waals surface area contributed by atoms with E-state index in [1.54, 1.807) is 6.07 Å². The highest BCUT2D eigenvalue weighted by Gasteiger charge is 2.33. The SMILES string of the molecule is Cc1cc(Nc2ccc(Cl)c(C(F)(F)F)c2)nc(N2CCCC2)n1. The summed E-state index contributed by atoms with van der Waals surface area (Å²) in [6, 6.07) is 5.39. The van der Waals surface area contributed by atoms with E-state index in [4.69, 9.17) is 11.6 Å². The van der Waals surface area contributed by atoms with E-state index in [1.165, 1.54) is 12.1 Å². The highest BCUT2D eigenvalue weighted by atomic mass is 35.5. The fourth-order valence-corrected chi connectivity index (χ4v) is 2.87. The Morgan fingerprint density at radius 1 is 1.12 bits per heavy atom. The second kappa shape index (κ2) is 6.47. The van der Waals surface area contributed by atoms with Crippen molar-refractivity contribution in [3.8, 4) is 0 Å². The van der Waals surface area contributed by atoms with Crippen LogP contribution >= 0.6 is 11.6 Å². The summed E-state index contributed by atoms with van der Waals surface area (Å²) in [6.07, 6.45) is -2.32. The Balaban J connectivity index is 1.88. The average molecular weight is 357 g/mol. The number of rotatable bonds is 3. The number of alkyl halides is 3. The van der Waals surface area contributed by atoms with Crippen molar-refractivity contribution in [1.29, 1.82) is 0 Å². The van der Waals surface area contributed by atoms with E-state index >= 15 is 0 Å². The molecule has 2 aromatic rings. The number of nitrogens with zero attached hydrogens (tertiary/aromatic N) is 3. The number of anilines is 3. The minimum Gasteiger partial charge on any atom is -0.341 e. The number of aryl methyl sites for hydroxylation is 1. The molecule has 0 saturated carbocycles. The molecule has 0 atom stereocenters. The van der Waals surface area contributed by atoms with Crippen molar-refractivity contribution < 1.29 is 13.2 Å². The van der Waals surface area contributed by atoms with Crippen LogP contribution in [0.2, 0.25) is 5.02 Å².